The van der Waals surface area contributed by atoms with E-state index in [9.17, 15) is 14.7 Å². The predicted octanol–water partition coefficient (Wildman–Crippen LogP) is 0.933. The van der Waals surface area contributed by atoms with Crippen molar-refractivity contribution in [1.82, 2.24) is 0 Å². The Labute approximate surface area is 130 Å². The standard InChI is InChI=1S/C12H22O5.Na.H/c1-3-5-6-9(4-2)8-17-12(16)10(13)7-11(14)15;;/h9-10,13H,3-8H2,1-2H3,(H,14,15);;. The number of esters is 1. The first-order chi connectivity index (χ1) is 8.01. The second-order valence-electron chi connectivity index (χ2n) is 4.16. The fourth-order valence-electron chi connectivity index (χ4n) is 1.44. The fourth-order valence-corrected chi connectivity index (χ4v) is 1.44. The van der Waals surface area contributed by atoms with Gasteiger partial charge in [0.05, 0.1) is 13.0 Å². The van der Waals surface area contributed by atoms with Crippen molar-refractivity contribution in [2.24, 2.45) is 5.92 Å². The van der Waals surface area contributed by atoms with Gasteiger partial charge in [0.15, 0.2) is 6.10 Å². The number of aliphatic hydroxyl groups is 1. The summed E-state index contributed by atoms with van der Waals surface area (Å²) in [6, 6.07) is 0. The third-order valence-electron chi connectivity index (χ3n) is 2.64. The molecule has 2 unspecified atom stereocenters. The molecule has 2 atom stereocenters. The third-order valence-corrected chi connectivity index (χ3v) is 2.64. The summed E-state index contributed by atoms with van der Waals surface area (Å²) in [5, 5.41) is 17.6. The Hall–Kier alpha value is -0.100. The van der Waals surface area contributed by atoms with E-state index in [2.05, 4.69) is 6.92 Å². The van der Waals surface area contributed by atoms with Crippen LogP contribution in [0.25, 0.3) is 0 Å². The average Bonchev–Trinajstić information content (AvgIpc) is 2.28. The number of ether oxygens (including phenoxy) is 1. The Morgan fingerprint density at radius 2 is 1.89 bits per heavy atom. The van der Waals surface area contributed by atoms with Crippen LogP contribution in [0, 0.1) is 5.92 Å². The monoisotopic (exact) mass is 270 g/mol. The van der Waals surface area contributed by atoms with E-state index < -0.39 is 24.5 Å². The van der Waals surface area contributed by atoms with Crippen molar-refractivity contribution in [1.29, 1.82) is 0 Å². The van der Waals surface area contributed by atoms with Gasteiger partial charge < -0.3 is 14.9 Å². The van der Waals surface area contributed by atoms with E-state index in [-0.39, 0.29) is 42.1 Å². The van der Waals surface area contributed by atoms with Crippen molar-refractivity contribution in [3.63, 3.8) is 0 Å². The SMILES string of the molecule is CCCCC(CC)COC(=O)C(O)CC(=O)O.[NaH]. The summed E-state index contributed by atoms with van der Waals surface area (Å²) in [5.41, 5.74) is 0. The summed E-state index contributed by atoms with van der Waals surface area (Å²) < 4.78 is 4.90. The van der Waals surface area contributed by atoms with Crippen LogP contribution < -0.4 is 0 Å². The normalized spacial score (nSPS) is 13.3. The van der Waals surface area contributed by atoms with Gasteiger partial charge in [-0.1, -0.05) is 33.1 Å². The summed E-state index contributed by atoms with van der Waals surface area (Å²) >= 11 is 0. The van der Waals surface area contributed by atoms with Gasteiger partial charge in [0.25, 0.3) is 0 Å². The predicted molar refractivity (Wildman–Crippen MR) is 69.7 cm³/mol. The number of hydrogen-bond acceptors (Lipinski definition) is 4. The van der Waals surface area contributed by atoms with Crippen LogP contribution in [0.5, 0.6) is 0 Å². The van der Waals surface area contributed by atoms with Gasteiger partial charge in [0.1, 0.15) is 0 Å². The molecule has 0 saturated heterocycles. The number of carboxylic acids is 1. The maximum absolute atomic E-state index is 11.2. The van der Waals surface area contributed by atoms with Gasteiger partial charge in [-0.25, -0.2) is 4.79 Å². The van der Waals surface area contributed by atoms with Crippen LogP contribution in [0.4, 0.5) is 0 Å². The van der Waals surface area contributed by atoms with Crippen LogP contribution in [0.2, 0.25) is 0 Å². The van der Waals surface area contributed by atoms with Crippen LogP contribution in [0.3, 0.4) is 0 Å². The molecule has 6 heteroatoms. The molecule has 0 aromatic rings. The number of carboxylic acid groups (broad SMARTS) is 1. The first-order valence-electron chi connectivity index (χ1n) is 6.07. The Kier molecular flexibility index (Phi) is 13.4. The molecule has 0 aliphatic carbocycles. The number of rotatable bonds is 9. The summed E-state index contributed by atoms with van der Waals surface area (Å²) in [4.78, 5) is 21.5. The van der Waals surface area contributed by atoms with E-state index in [1.165, 1.54) is 0 Å². The van der Waals surface area contributed by atoms with E-state index in [1.54, 1.807) is 0 Å². The van der Waals surface area contributed by atoms with Crippen molar-refractivity contribution in [3.8, 4) is 0 Å². The van der Waals surface area contributed by atoms with Gasteiger partial charge in [-0.2, -0.15) is 0 Å². The number of hydrogen-bond donors (Lipinski definition) is 2. The zero-order valence-corrected chi connectivity index (χ0v) is 10.5. The molecule has 0 aliphatic heterocycles. The number of carbonyl (C=O) groups excluding carboxylic acids is 1. The first kappa shape index (κ1) is 20.2. The number of aliphatic hydroxyl groups excluding tert-OH is 1. The Morgan fingerprint density at radius 3 is 2.33 bits per heavy atom. The zero-order valence-electron chi connectivity index (χ0n) is 10.5. The Balaban J connectivity index is 0. The molecule has 0 amide bonds. The molecule has 0 aromatic carbocycles. The summed E-state index contributed by atoms with van der Waals surface area (Å²) in [6.07, 6.45) is 1.89. The summed E-state index contributed by atoms with van der Waals surface area (Å²) in [6.45, 7) is 4.36. The molecule has 0 saturated carbocycles. The molecular formula is C12H23NaO5. The van der Waals surface area contributed by atoms with Crippen LogP contribution in [0.1, 0.15) is 46.0 Å². The van der Waals surface area contributed by atoms with Crippen LogP contribution in [0.15, 0.2) is 0 Å². The molecular weight excluding hydrogens is 247 g/mol. The first-order valence-corrected chi connectivity index (χ1v) is 6.07. The van der Waals surface area contributed by atoms with Gasteiger partial charge in [-0.3, -0.25) is 4.79 Å². The Bertz CT molecular complexity index is 245. The molecule has 0 aromatic heterocycles. The van der Waals surface area contributed by atoms with Gasteiger partial charge in [0, 0.05) is 0 Å². The topological polar surface area (TPSA) is 83.8 Å². The zero-order chi connectivity index (χ0) is 13.3. The molecule has 0 spiro atoms. The van der Waals surface area contributed by atoms with Crippen molar-refractivity contribution in [2.45, 2.75) is 52.1 Å². The quantitative estimate of drug-likeness (QED) is 0.481. The van der Waals surface area contributed by atoms with E-state index in [0.717, 1.165) is 25.7 Å². The number of aliphatic carboxylic acids is 1. The number of unbranched alkanes of at least 4 members (excludes halogenated alkanes) is 1. The third kappa shape index (κ3) is 9.88. The molecule has 5 nitrogen and oxygen atoms in total. The minimum atomic E-state index is -1.56. The van der Waals surface area contributed by atoms with E-state index in [1.807, 2.05) is 6.92 Å². The Morgan fingerprint density at radius 1 is 1.28 bits per heavy atom. The van der Waals surface area contributed by atoms with Gasteiger partial charge in [-0.15, -0.1) is 0 Å². The molecule has 0 rings (SSSR count). The number of carbonyl (C=O) groups is 2. The van der Waals surface area contributed by atoms with Gasteiger partial charge in [0.2, 0.25) is 0 Å². The molecule has 0 radical (unpaired) electrons. The maximum atomic E-state index is 11.2. The van der Waals surface area contributed by atoms with Crippen molar-refractivity contribution < 1.29 is 24.5 Å². The van der Waals surface area contributed by atoms with Crippen LogP contribution in [-0.2, 0) is 14.3 Å². The van der Waals surface area contributed by atoms with Crippen molar-refractivity contribution in [2.75, 3.05) is 6.61 Å². The van der Waals surface area contributed by atoms with Gasteiger partial charge >= 0.3 is 41.5 Å². The van der Waals surface area contributed by atoms with E-state index in [4.69, 9.17) is 9.84 Å². The van der Waals surface area contributed by atoms with Crippen LogP contribution in [-0.4, -0.2) is 64.4 Å². The molecule has 0 fully saturated rings. The molecule has 2 N–H and O–H groups in total. The molecule has 0 bridgehead atoms. The molecule has 0 heterocycles. The van der Waals surface area contributed by atoms with Crippen molar-refractivity contribution in [3.05, 3.63) is 0 Å². The van der Waals surface area contributed by atoms with Crippen LogP contribution >= 0.6 is 0 Å². The van der Waals surface area contributed by atoms with Gasteiger partial charge in [-0.05, 0) is 12.3 Å². The second kappa shape index (κ2) is 12.0. The second-order valence-corrected chi connectivity index (χ2v) is 4.16. The summed E-state index contributed by atoms with van der Waals surface area (Å²) in [5.74, 6) is -1.77. The average molecular weight is 270 g/mol. The molecule has 102 valence electrons. The van der Waals surface area contributed by atoms with E-state index >= 15 is 0 Å². The molecule has 18 heavy (non-hydrogen) atoms. The van der Waals surface area contributed by atoms with Crippen molar-refractivity contribution >= 4 is 41.5 Å². The summed E-state index contributed by atoms with van der Waals surface area (Å²) in [7, 11) is 0. The molecule has 0 aliphatic rings. The minimum absolute atomic E-state index is 0. The fraction of sp³-hybridized carbons (Fsp3) is 0.833. The van der Waals surface area contributed by atoms with E-state index in [0.29, 0.717) is 0 Å².